The first-order chi connectivity index (χ1) is 9.95. The molecule has 0 saturated carbocycles. The maximum atomic E-state index is 12.0. The molecule has 6 heteroatoms. The van der Waals surface area contributed by atoms with Crippen molar-refractivity contribution in [3.63, 3.8) is 0 Å². The molecule has 0 aliphatic rings. The van der Waals surface area contributed by atoms with E-state index in [1.807, 2.05) is 0 Å². The number of amides is 1. The van der Waals surface area contributed by atoms with E-state index >= 15 is 0 Å². The number of nitrogens with zero attached hydrogens (tertiary/aromatic N) is 1. The quantitative estimate of drug-likeness (QED) is 0.667. The van der Waals surface area contributed by atoms with Crippen molar-refractivity contribution in [2.24, 2.45) is 0 Å². The monoisotopic (exact) mass is 286 g/mol. The number of nitro benzene ring substituents is 1. The van der Waals surface area contributed by atoms with Crippen molar-refractivity contribution in [2.75, 3.05) is 0 Å². The first kappa shape index (κ1) is 14.5. The van der Waals surface area contributed by atoms with Crippen molar-refractivity contribution < 1.29 is 14.8 Å². The lowest BCUT2D eigenvalue weighted by Gasteiger charge is -2.06. The summed E-state index contributed by atoms with van der Waals surface area (Å²) in [7, 11) is 0. The molecular formula is C15H14N2O4. The summed E-state index contributed by atoms with van der Waals surface area (Å²) in [6.07, 6.45) is 0. The van der Waals surface area contributed by atoms with Gasteiger partial charge in [0, 0.05) is 24.2 Å². The molecule has 0 saturated heterocycles. The maximum Gasteiger partial charge on any atom is 0.270 e. The molecule has 2 aromatic carbocycles. The van der Waals surface area contributed by atoms with E-state index in [4.69, 9.17) is 0 Å². The van der Waals surface area contributed by atoms with E-state index in [1.165, 1.54) is 24.3 Å². The number of carbonyl (C=O) groups is 1. The number of hydrogen-bond acceptors (Lipinski definition) is 4. The zero-order chi connectivity index (χ0) is 15.4. The average molecular weight is 286 g/mol. The lowest BCUT2D eigenvalue weighted by atomic mass is 10.1. The second-order valence-corrected chi connectivity index (χ2v) is 4.66. The first-order valence-electron chi connectivity index (χ1n) is 6.28. The van der Waals surface area contributed by atoms with E-state index in [1.54, 1.807) is 25.1 Å². The summed E-state index contributed by atoms with van der Waals surface area (Å²) in [4.78, 5) is 22.3. The highest BCUT2D eigenvalue weighted by Gasteiger charge is 2.13. The van der Waals surface area contributed by atoms with Gasteiger partial charge in [-0.3, -0.25) is 14.9 Å². The van der Waals surface area contributed by atoms with E-state index in [-0.39, 0.29) is 29.5 Å². The fourth-order valence-electron chi connectivity index (χ4n) is 1.90. The number of hydrogen-bond donors (Lipinski definition) is 2. The molecular weight excluding hydrogens is 272 g/mol. The lowest BCUT2D eigenvalue weighted by Crippen LogP contribution is -2.22. The number of aromatic hydroxyl groups is 1. The van der Waals surface area contributed by atoms with Crippen LogP contribution in [-0.4, -0.2) is 15.9 Å². The van der Waals surface area contributed by atoms with Crippen LogP contribution in [0.25, 0.3) is 0 Å². The summed E-state index contributed by atoms with van der Waals surface area (Å²) in [6, 6.07) is 10.7. The third kappa shape index (κ3) is 3.79. The summed E-state index contributed by atoms with van der Waals surface area (Å²) in [5, 5.41) is 22.6. The van der Waals surface area contributed by atoms with Crippen LogP contribution < -0.4 is 5.32 Å². The second kappa shape index (κ2) is 6.04. The zero-order valence-corrected chi connectivity index (χ0v) is 11.4. The van der Waals surface area contributed by atoms with Crippen LogP contribution in [-0.2, 0) is 6.54 Å². The van der Waals surface area contributed by atoms with Crippen LogP contribution in [0.15, 0.2) is 42.5 Å². The zero-order valence-electron chi connectivity index (χ0n) is 11.4. The largest absolute Gasteiger partial charge is 0.508 e. The van der Waals surface area contributed by atoms with Gasteiger partial charge < -0.3 is 10.4 Å². The number of benzene rings is 2. The number of non-ortho nitro benzene ring substituents is 1. The van der Waals surface area contributed by atoms with Gasteiger partial charge in [-0.15, -0.1) is 0 Å². The van der Waals surface area contributed by atoms with Crippen LogP contribution in [0, 0.1) is 17.0 Å². The van der Waals surface area contributed by atoms with Gasteiger partial charge >= 0.3 is 0 Å². The topological polar surface area (TPSA) is 92.5 Å². The molecule has 0 heterocycles. The third-order valence-corrected chi connectivity index (χ3v) is 2.92. The van der Waals surface area contributed by atoms with E-state index in [2.05, 4.69) is 5.32 Å². The molecule has 0 radical (unpaired) electrons. The van der Waals surface area contributed by atoms with Gasteiger partial charge in [0.25, 0.3) is 11.6 Å². The third-order valence-electron chi connectivity index (χ3n) is 2.92. The minimum atomic E-state index is -0.524. The molecule has 21 heavy (non-hydrogen) atoms. The number of nitro groups is 1. The molecule has 108 valence electrons. The van der Waals surface area contributed by atoms with E-state index in [0.29, 0.717) is 5.56 Å². The molecule has 6 nitrogen and oxygen atoms in total. The first-order valence-corrected chi connectivity index (χ1v) is 6.28. The maximum absolute atomic E-state index is 12.0. The molecule has 2 rings (SSSR count). The van der Waals surface area contributed by atoms with Crippen LogP contribution in [0.5, 0.6) is 5.75 Å². The molecule has 0 aromatic heterocycles. The smallest absolute Gasteiger partial charge is 0.270 e. The van der Waals surface area contributed by atoms with Crippen molar-refractivity contribution in [3.8, 4) is 5.75 Å². The number of carbonyl (C=O) groups excluding carboxylic acids is 1. The van der Waals surface area contributed by atoms with E-state index in [9.17, 15) is 20.0 Å². The second-order valence-electron chi connectivity index (χ2n) is 4.66. The minimum Gasteiger partial charge on any atom is -0.508 e. The van der Waals surface area contributed by atoms with Crippen molar-refractivity contribution in [1.82, 2.24) is 5.32 Å². The van der Waals surface area contributed by atoms with Gasteiger partial charge in [0.1, 0.15) is 5.75 Å². The van der Waals surface area contributed by atoms with Gasteiger partial charge in [-0.1, -0.05) is 12.1 Å². The number of rotatable bonds is 4. The fourth-order valence-corrected chi connectivity index (χ4v) is 1.90. The normalized spacial score (nSPS) is 10.1. The molecule has 0 bridgehead atoms. The standard InChI is InChI=1S/C15H14N2O4/c1-10-6-12(8-13(7-10)17(20)21)15(19)16-9-11-2-4-14(18)5-3-11/h2-8,18H,9H2,1H3,(H,16,19). The minimum absolute atomic E-state index is 0.107. The van der Waals surface area contributed by atoms with Gasteiger partial charge in [0.15, 0.2) is 0 Å². The average Bonchev–Trinajstić information content (AvgIpc) is 2.45. The Hall–Kier alpha value is -2.89. The Balaban J connectivity index is 2.09. The van der Waals surface area contributed by atoms with E-state index < -0.39 is 4.92 Å². The molecule has 0 aliphatic heterocycles. The van der Waals surface area contributed by atoms with Crippen molar-refractivity contribution in [2.45, 2.75) is 13.5 Å². The predicted molar refractivity (Wildman–Crippen MR) is 77.1 cm³/mol. The number of phenols is 1. The molecule has 0 aliphatic carbocycles. The van der Waals surface area contributed by atoms with Gasteiger partial charge in [-0.25, -0.2) is 0 Å². The molecule has 1 amide bonds. The molecule has 0 atom stereocenters. The van der Waals surface area contributed by atoms with Crippen LogP contribution in [0.3, 0.4) is 0 Å². The van der Waals surface area contributed by atoms with Crippen LogP contribution in [0.4, 0.5) is 5.69 Å². The highest BCUT2D eigenvalue weighted by atomic mass is 16.6. The Morgan fingerprint density at radius 3 is 2.52 bits per heavy atom. The van der Waals surface area contributed by atoms with Crippen molar-refractivity contribution >= 4 is 11.6 Å². The van der Waals surface area contributed by atoms with Crippen LogP contribution in [0.1, 0.15) is 21.5 Å². The Morgan fingerprint density at radius 2 is 1.90 bits per heavy atom. The Kier molecular flexibility index (Phi) is 4.18. The fraction of sp³-hybridized carbons (Fsp3) is 0.133. The van der Waals surface area contributed by atoms with Crippen LogP contribution >= 0.6 is 0 Å². The van der Waals surface area contributed by atoms with Gasteiger partial charge in [0.05, 0.1) is 4.92 Å². The highest BCUT2D eigenvalue weighted by Crippen LogP contribution is 2.17. The Morgan fingerprint density at radius 1 is 1.24 bits per heavy atom. The highest BCUT2D eigenvalue weighted by molar-refractivity contribution is 5.95. The number of nitrogens with one attached hydrogen (secondary N) is 1. The van der Waals surface area contributed by atoms with Crippen LogP contribution in [0.2, 0.25) is 0 Å². The van der Waals surface area contributed by atoms with Gasteiger partial charge in [-0.05, 0) is 36.2 Å². The number of phenolic OH excluding ortho intramolecular Hbond substituents is 1. The van der Waals surface area contributed by atoms with Crippen molar-refractivity contribution in [3.05, 3.63) is 69.3 Å². The Labute approximate surface area is 121 Å². The predicted octanol–water partition coefficient (Wildman–Crippen LogP) is 2.54. The summed E-state index contributed by atoms with van der Waals surface area (Å²) < 4.78 is 0. The Bertz CT molecular complexity index is 681. The van der Waals surface area contributed by atoms with Gasteiger partial charge in [-0.2, -0.15) is 0 Å². The van der Waals surface area contributed by atoms with Crippen molar-refractivity contribution in [1.29, 1.82) is 0 Å². The summed E-state index contributed by atoms with van der Waals surface area (Å²) in [5.41, 5.74) is 1.62. The molecule has 2 aromatic rings. The summed E-state index contributed by atoms with van der Waals surface area (Å²) >= 11 is 0. The SMILES string of the molecule is Cc1cc(C(=O)NCc2ccc(O)cc2)cc([N+](=O)[O-])c1. The van der Waals surface area contributed by atoms with Gasteiger partial charge in [0.2, 0.25) is 0 Å². The molecule has 2 N–H and O–H groups in total. The molecule has 0 spiro atoms. The summed E-state index contributed by atoms with van der Waals surface area (Å²) in [6.45, 7) is 1.98. The molecule has 0 fully saturated rings. The summed E-state index contributed by atoms with van der Waals surface area (Å²) in [5.74, 6) is -0.228. The number of aryl methyl sites for hydroxylation is 1. The van der Waals surface area contributed by atoms with E-state index in [0.717, 1.165) is 5.56 Å². The molecule has 0 unspecified atom stereocenters. The lowest BCUT2D eigenvalue weighted by molar-refractivity contribution is -0.384.